The largest absolute Gasteiger partial charge is 0.465 e. The SMILES string of the molecule is CCOC(=O)C1CC(c2ccc(F)c(F)c2)NN1. The minimum absolute atomic E-state index is 0.241. The molecule has 1 aromatic rings. The van der Waals surface area contributed by atoms with Crippen molar-refractivity contribution in [2.75, 3.05) is 6.61 Å². The van der Waals surface area contributed by atoms with Crippen LogP contribution in [0.1, 0.15) is 24.9 Å². The van der Waals surface area contributed by atoms with E-state index in [1.165, 1.54) is 6.07 Å². The summed E-state index contributed by atoms with van der Waals surface area (Å²) in [6.45, 7) is 2.04. The quantitative estimate of drug-likeness (QED) is 0.803. The van der Waals surface area contributed by atoms with Crippen LogP contribution in [-0.4, -0.2) is 18.6 Å². The highest BCUT2D eigenvalue weighted by Gasteiger charge is 2.31. The molecular weight excluding hydrogens is 242 g/mol. The van der Waals surface area contributed by atoms with Crippen LogP contribution in [0.15, 0.2) is 18.2 Å². The van der Waals surface area contributed by atoms with Crippen molar-refractivity contribution in [2.24, 2.45) is 0 Å². The number of ether oxygens (including phenoxy) is 1. The van der Waals surface area contributed by atoms with E-state index in [9.17, 15) is 13.6 Å². The van der Waals surface area contributed by atoms with Crippen LogP contribution >= 0.6 is 0 Å². The summed E-state index contributed by atoms with van der Waals surface area (Å²) in [5.41, 5.74) is 6.24. The minimum Gasteiger partial charge on any atom is -0.465 e. The van der Waals surface area contributed by atoms with Crippen molar-refractivity contribution in [3.05, 3.63) is 35.4 Å². The zero-order chi connectivity index (χ0) is 13.1. The van der Waals surface area contributed by atoms with Gasteiger partial charge in [0.15, 0.2) is 11.6 Å². The molecule has 0 aliphatic carbocycles. The second kappa shape index (κ2) is 5.41. The van der Waals surface area contributed by atoms with E-state index in [0.717, 1.165) is 12.1 Å². The van der Waals surface area contributed by atoms with Gasteiger partial charge in [-0.3, -0.25) is 4.79 Å². The standard InChI is InChI=1S/C12H14F2N2O2/c1-2-18-12(17)11-6-10(15-16-11)7-3-4-8(13)9(14)5-7/h3-5,10-11,15-16H,2,6H2,1H3. The molecule has 0 amide bonds. The van der Waals surface area contributed by atoms with Gasteiger partial charge in [0.25, 0.3) is 0 Å². The van der Waals surface area contributed by atoms with Gasteiger partial charge in [0.05, 0.1) is 6.61 Å². The van der Waals surface area contributed by atoms with Crippen LogP contribution in [-0.2, 0) is 9.53 Å². The van der Waals surface area contributed by atoms with Crippen molar-refractivity contribution in [2.45, 2.75) is 25.4 Å². The van der Waals surface area contributed by atoms with Gasteiger partial charge in [-0.2, -0.15) is 0 Å². The Morgan fingerprint density at radius 3 is 2.83 bits per heavy atom. The number of benzene rings is 1. The number of hydrogen-bond acceptors (Lipinski definition) is 4. The van der Waals surface area contributed by atoms with E-state index in [-0.39, 0.29) is 12.0 Å². The average molecular weight is 256 g/mol. The van der Waals surface area contributed by atoms with Gasteiger partial charge in [-0.1, -0.05) is 6.07 Å². The number of nitrogens with one attached hydrogen (secondary N) is 2. The molecule has 0 saturated carbocycles. The third-order valence-corrected chi connectivity index (χ3v) is 2.82. The Labute approximate surface area is 103 Å². The highest BCUT2D eigenvalue weighted by atomic mass is 19.2. The summed E-state index contributed by atoms with van der Waals surface area (Å²) in [4.78, 5) is 11.5. The summed E-state index contributed by atoms with van der Waals surface area (Å²) in [6, 6.07) is 2.98. The topological polar surface area (TPSA) is 50.4 Å². The lowest BCUT2D eigenvalue weighted by Gasteiger charge is -2.09. The summed E-state index contributed by atoms with van der Waals surface area (Å²) >= 11 is 0. The molecule has 1 saturated heterocycles. The summed E-state index contributed by atoms with van der Waals surface area (Å²) < 4.78 is 30.8. The van der Waals surface area contributed by atoms with E-state index in [1.807, 2.05) is 0 Å². The molecule has 2 N–H and O–H groups in total. The number of hydrogen-bond donors (Lipinski definition) is 2. The molecule has 18 heavy (non-hydrogen) atoms. The maximum atomic E-state index is 13.1. The molecule has 6 heteroatoms. The molecule has 0 spiro atoms. The van der Waals surface area contributed by atoms with E-state index in [1.54, 1.807) is 6.92 Å². The van der Waals surface area contributed by atoms with Gasteiger partial charge in [-0.15, -0.1) is 0 Å². The molecule has 2 unspecified atom stereocenters. The maximum absolute atomic E-state index is 13.1. The monoisotopic (exact) mass is 256 g/mol. The fourth-order valence-electron chi connectivity index (χ4n) is 1.90. The summed E-state index contributed by atoms with van der Waals surface area (Å²) in [5.74, 6) is -2.13. The van der Waals surface area contributed by atoms with Gasteiger partial charge in [-0.25, -0.2) is 19.6 Å². The molecule has 0 bridgehead atoms. The van der Waals surface area contributed by atoms with Crippen LogP contribution in [0.4, 0.5) is 8.78 Å². The van der Waals surface area contributed by atoms with Crippen molar-refractivity contribution in [3.63, 3.8) is 0 Å². The zero-order valence-corrected chi connectivity index (χ0v) is 9.87. The highest BCUT2D eigenvalue weighted by molar-refractivity contribution is 5.76. The van der Waals surface area contributed by atoms with Crippen LogP contribution in [0.25, 0.3) is 0 Å². The molecule has 4 nitrogen and oxygen atoms in total. The number of halogens is 2. The first kappa shape index (κ1) is 12.9. The van der Waals surface area contributed by atoms with E-state index in [4.69, 9.17) is 4.74 Å². The molecule has 2 rings (SSSR count). The normalized spacial score (nSPS) is 23.1. The van der Waals surface area contributed by atoms with Crippen molar-refractivity contribution >= 4 is 5.97 Å². The predicted octanol–water partition coefficient (Wildman–Crippen LogP) is 1.44. The molecular formula is C12H14F2N2O2. The van der Waals surface area contributed by atoms with Gasteiger partial charge >= 0.3 is 5.97 Å². The number of rotatable bonds is 3. The number of hydrazine groups is 1. The number of carbonyl (C=O) groups excluding carboxylic acids is 1. The van der Waals surface area contributed by atoms with Crippen molar-refractivity contribution in [3.8, 4) is 0 Å². The molecule has 1 aromatic carbocycles. The second-order valence-electron chi connectivity index (χ2n) is 4.06. The van der Waals surface area contributed by atoms with Crippen molar-refractivity contribution in [1.29, 1.82) is 0 Å². The minimum atomic E-state index is -0.895. The third-order valence-electron chi connectivity index (χ3n) is 2.82. The third kappa shape index (κ3) is 2.65. The first-order chi connectivity index (χ1) is 8.61. The lowest BCUT2D eigenvalue weighted by Crippen LogP contribution is -2.37. The molecule has 1 aliphatic rings. The molecule has 1 aliphatic heterocycles. The molecule has 98 valence electrons. The van der Waals surface area contributed by atoms with E-state index in [2.05, 4.69) is 10.9 Å². The van der Waals surface area contributed by atoms with Gasteiger partial charge < -0.3 is 4.74 Å². The van der Waals surface area contributed by atoms with Crippen molar-refractivity contribution < 1.29 is 18.3 Å². The van der Waals surface area contributed by atoms with Gasteiger partial charge in [0, 0.05) is 6.04 Å². The van der Waals surface area contributed by atoms with E-state index in [0.29, 0.717) is 18.6 Å². The zero-order valence-electron chi connectivity index (χ0n) is 9.87. The Kier molecular flexibility index (Phi) is 3.88. The fraction of sp³-hybridized carbons (Fsp3) is 0.417. The van der Waals surface area contributed by atoms with Gasteiger partial charge in [-0.05, 0) is 31.0 Å². The maximum Gasteiger partial charge on any atom is 0.324 e. The Morgan fingerprint density at radius 2 is 2.17 bits per heavy atom. The molecule has 2 atom stereocenters. The molecule has 1 heterocycles. The summed E-state index contributed by atoms with van der Waals surface area (Å²) in [5, 5.41) is 0. The van der Waals surface area contributed by atoms with E-state index < -0.39 is 17.7 Å². The number of esters is 1. The lowest BCUT2D eigenvalue weighted by molar-refractivity contribution is -0.145. The Hall–Kier alpha value is -1.53. The molecule has 1 fully saturated rings. The summed E-state index contributed by atoms with van der Waals surface area (Å²) in [7, 11) is 0. The molecule has 0 radical (unpaired) electrons. The highest BCUT2D eigenvalue weighted by Crippen LogP contribution is 2.24. The Balaban J connectivity index is 2.04. The lowest BCUT2D eigenvalue weighted by atomic mass is 10.0. The predicted molar refractivity (Wildman–Crippen MR) is 60.4 cm³/mol. The molecule has 0 aromatic heterocycles. The van der Waals surface area contributed by atoms with Crippen LogP contribution < -0.4 is 10.9 Å². The first-order valence-electron chi connectivity index (χ1n) is 5.74. The first-order valence-corrected chi connectivity index (χ1v) is 5.74. The van der Waals surface area contributed by atoms with Gasteiger partial charge in [0.2, 0.25) is 0 Å². The number of carbonyl (C=O) groups is 1. The average Bonchev–Trinajstić information content (AvgIpc) is 2.82. The van der Waals surface area contributed by atoms with Crippen molar-refractivity contribution in [1.82, 2.24) is 10.9 Å². The van der Waals surface area contributed by atoms with Crippen LogP contribution in [0.2, 0.25) is 0 Å². The van der Waals surface area contributed by atoms with E-state index >= 15 is 0 Å². The Bertz CT molecular complexity index is 454. The fourth-order valence-corrected chi connectivity index (χ4v) is 1.90. The van der Waals surface area contributed by atoms with Crippen LogP contribution in [0.3, 0.4) is 0 Å². The smallest absolute Gasteiger partial charge is 0.324 e. The second-order valence-corrected chi connectivity index (χ2v) is 4.06. The van der Waals surface area contributed by atoms with Crippen LogP contribution in [0, 0.1) is 11.6 Å². The Morgan fingerprint density at radius 1 is 1.39 bits per heavy atom. The van der Waals surface area contributed by atoms with Gasteiger partial charge in [0.1, 0.15) is 6.04 Å². The summed E-state index contributed by atoms with van der Waals surface area (Å²) in [6.07, 6.45) is 0.434. The van der Waals surface area contributed by atoms with Crippen LogP contribution in [0.5, 0.6) is 0 Å².